The van der Waals surface area contributed by atoms with E-state index in [0.29, 0.717) is 24.0 Å². The summed E-state index contributed by atoms with van der Waals surface area (Å²) in [6, 6.07) is 9.56. The second-order valence-electron chi connectivity index (χ2n) is 6.01. The summed E-state index contributed by atoms with van der Waals surface area (Å²) in [5.41, 5.74) is 8.58. The van der Waals surface area contributed by atoms with Crippen molar-refractivity contribution in [1.82, 2.24) is 4.98 Å². The monoisotopic (exact) mass is 318 g/mol. The number of aliphatic imine (C=N–C) groups is 1. The van der Waals surface area contributed by atoms with E-state index in [0.717, 1.165) is 16.7 Å². The summed E-state index contributed by atoms with van der Waals surface area (Å²) in [5, 5.41) is 9.07. The van der Waals surface area contributed by atoms with E-state index < -0.39 is 5.54 Å². The molecule has 1 aromatic carbocycles. The summed E-state index contributed by atoms with van der Waals surface area (Å²) >= 11 is 0. The van der Waals surface area contributed by atoms with Crippen LogP contribution < -0.4 is 5.73 Å². The molecule has 0 fully saturated rings. The van der Waals surface area contributed by atoms with E-state index in [-0.39, 0.29) is 18.4 Å². The van der Waals surface area contributed by atoms with Crippen molar-refractivity contribution in [1.29, 1.82) is 5.26 Å². The lowest BCUT2D eigenvalue weighted by Crippen LogP contribution is -2.42. The molecule has 24 heavy (non-hydrogen) atoms. The SMILES string of the molecule is N#Cc1cncc(-c2cccc3c2CCC2(COC(N)=N2)C3=O)c1. The quantitative estimate of drug-likeness (QED) is 0.864. The number of ketones is 1. The number of nitrogens with two attached hydrogens (primary N) is 1. The molecule has 1 aliphatic heterocycles. The second kappa shape index (κ2) is 5.17. The van der Waals surface area contributed by atoms with Crippen molar-refractivity contribution in [2.45, 2.75) is 18.4 Å². The molecule has 6 heteroatoms. The number of carbonyl (C=O) groups excluding carboxylic acids is 1. The molecule has 0 bridgehead atoms. The summed E-state index contributed by atoms with van der Waals surface area (Å²) < 4.78 is 5.24. The predicted molar refractivity (Wildman–Crippen MR) is 87.3 cm³/mol. The molecule has 1 atom stereocenters. The number of ether oxygens (including phenoxy) is 1. The van der Waals surface area contributed by atoms with E-state index >= 15 is 0 Å². The fourth-order valence-corrected chi connectivity index (χ4v) is 3.40. The largest absolute Gasteiger partial charge is 0.462 e. The van der Waals surface area contributed by atoms with E-state index in [1.807, 2.05) is 18.2 Å². The molecule has 1 unspecified atom stereocenters. The number of aromatic nitrogens is 1. The maximum atomic E-state index is 13.0. The van der Waals surface area contributed by atoms with Crippen molar-refractivity contribution >= 4 is 11.8 Å². The van der Waals surface area contributed by atoms with Crippen LogP contribution in [-0.2, 0) is 11.2 Å². The Morgan fingerprint density at radius 3 is 2.88 bits per heavy atom. The normalized spacial score (nSPS) is 21.8. The number of rotatable bonds is 1. The molecule has 1 aromatic heterocycles. The van der Waals surface area contributed by atoms with Crippen LogP contribution in [0, 0.1) is 11.3 Å². The molecule has 0 amide bonds. The standard InChI is InChI=1S/C18H14N4O2/c19-7-11-6-12(9-21-8-11)13-2-1-3-15-14(13)4-5-18(16(15)23)10-24-17(20)22-18/h1-3,6,8-9H,4-5,10H2,(H2,20,22). The minimum atomic E-state index is -0.886. The van der Waals surface area contributed by atoms with E-state index in [9.17, 15) is 4.79 Å². The van der Waals surface area contributed by atoms with Gasteiger partial charge in [-0.15, -0.1) is 0 Å². The van der Waals surface area contributed by atoms with Crippen molar-refractivity contribution in [2.24, 2.45) is 10.7 Å². The van der Waals surface area contributed by atoms with Crippen molar-refractivity contribution in [3.8, 4) is 17.2 Å². The molecule has 118 valence electrons. The zero-order chi connectivity index (χ0) is 16.7. The molecule has 4 rings (SSSR count). The van der Waals surface area contributed by atoms with Gasteiger partial charge in [-0.05, 0) is 30.0 Å². The zero-order valence-electron chi connectivity index (χ0n) is 12.8. The lowest BCUT2D eigenvalue weighted by Gasteiger charge is -2.30. The highest BCUT2D eigenvalue weighted by molar-refractivity contribution is 6.08. The number of nitrogens with zero attached hydrogens (tertiary/aromatic N) is 3. The van der Waals surface area contributed by atoms with Gasteiger partial charge in [0.1, 0.15) is 12.7 Å². The Labute approximate surface area is 138 Å². The van der Waals surface area contributed by atoms with Gasteiger partial charge in [0.25, 0.3) is 6.02 Å². The molecule has 2 heterocycles. The van der Waals surface area contributed by atoms with Gasteiger partial charge in [0.05, 0.1) is 5.56 Å². The van der Waals surface area contributed by atoms with Crippen LogP contribution in [-0.4, -0.2) is 28.9 Å². The van der Waals surface area contributed by atoms with Crippen molar-refractivity contribution in [2.75, 3.05) is 6.61 Å². The van der Waals surface area contributed by atoms with E-state index in [1.165, 1.54) is 6.20 Å². The van der Waals surface area contributed by atoms with Gasteiger partial charge in [-0.1, -0.05) is 18.2 Å². The number of hydrogen-bond acceptors (Lipinski definition) is 6. The number of hydrogen-bond donors (Lipinski definition) is 1. The Hall–Kier alpha value is -3.20. The van der Waals surface area contributed by atoms with Crippen LogP contribution in [0.2, 0.25) is 0 Å². The van der Waals surface area contributed by atoms with E-state index in [1.54, 1.807) is 12.3 Å². The molecule has 6 nitrogen and oxygen atoms in total. The third-order valence-corrected chi connectivity index (χ3v) is 4.59. The van der Waals surface area contributed by atoms with Gasteiger partial charge in [-0.2, -0.15) is 5.26 Å². The van der Waals surface area contributed by atoms with E-state index in [2.05, 4.69) is 16.0 Å². The summed E-state index contributed by atoms with van der Waals surface area (Å²) in [6.45, 7) is 0.201. The lowest BCUT2D eigenvalue weighted by atomic mass is 9.75. The lowest BCUT2D eigenvalue weighted by molar-refractivity contribution is 0.0835. The Morgan fingerprint density at radius 1 is 1.29 bits per heavy atom. The molecule has 1 aliphatic carbocycles. The molecular weight excluding hydrogens is 304 g/mol. The Kier molecular flexibility index (Phi) is 3.10. The van der Waals surface area contributed by atoms with E-state index in [4.69, 9.17) is 15.7 Å². The smallest absolute Gasteiger partial charge is 0.283 e. The van der Waals surface area contributed by atoms with Crippen LogP contribution in [0.15, 0.2) is 41.7 Å². The summed E-state index contributed by atoms with van der Waals surface area (Å²) in [5.74, 6) is -0.0598. The number of amidine groups is 1. The summed E-state index contributed by atoms with van der Waals surface area (Å²) in [4.78, 5) is 21.4. The van der Waals surface area contributed by atoms with Gasteiger partial charge < -0.3 is 10.5 Å². The average Bonchev–Trinajstić information content (AvgIpc) is 3.00. The number of nitriles is 1. The fourth-order valence-electron chi connectivity index (χ4n) is 3.40. The molecule has 2 aliphatic rings. The van der Waals surface area contributed by atoms with Crippen LogP contribution >= 0.6 is 0 Å². The van der Waals surface area contributed by atoms with Crippen LogP contribution in [0.25, 0.3) is 11.1 Å². The van der Waals surface area contributed by atoms with Crippen LogP contribution in [0.5, 0.6) is 0 Å². The third kappa shape index (κ3) is 2.06. The molecule has 0 saturated carbocycles. The van der Waals surface area contributed by atoms with Gasteiger partial charge in [0.2, 0.25) is 0 Å². The van der Waals surface area contributed by atoms with Crippen LogP contribution in [0.1, 0.15) is 27.9 Å². The number of fused-ring (bicyclic) bond motifs is 1. The highest BCUT2D eigenvalue weighted by atomic mass is 16.5. The van der Waals surface area contributed by atoms with Crippen molar-refractivity contribution in [3.05, 3.63) is 53.3 Å². The summed E-state index contributed by atoms with van der Waals surface area (Å²) in [6.07, 6.45) is 4.47. The number of benzene rings is 1. The first kappa shape index (κ1) is 14.4. The van der Waals surface area contributed by atoms with Crippen LogP contribution in [0.3, 0.4) is 0 Å². The molecule has 2 N–H and O–H groups in total. The van der Waals surface area contributed by atoms with Gasteiger partial charge in [0.15, 0.2) is 11.3 Å². The first-order valence-corrected chi connectivity index (χ1v) is 7.63. The fraction of sp³-hybridized carbons (Fsp3) is 0.222. The number of Topliss-reactive ketones (excluding diaryl/α,β-unsaturated/α-hetero) is 1. The topological polar surface area (TPSA) is 101 Å². The number of pyridine rings is 1. The van der Waals surface area contributed by atoms with Gasteiger partial charge in [0, 0.05) is 23.5 Å². The average molecular weight is 318 g/mol. The minimum Gasteiger partial charge on any atom is -0.462 e. The first-order chi connectivity index (χ1) is 11.6. The predicted octanol–water partition coefficient (Wildman–Crippen LogP) is 1.83. The molecular formula is C18H14N4O2. The van der Waals surface area contributed by atoms with Crippen molar-refractivity contribution < 1.29 is 9.53 Å². The first-order valence-electron chi connectivity index (χ1n) is 7.63. The Bertz CT molecular complexity index is 929. The molecule has 0 saturated heterocycles. The molecule has 0 radical (unpaired) electrons. The Balaban J connectivity index is 1.83. The zero-order valence-corrected chi connectivity index (χ0v) is 12.8. The molecule has 1 spiro atoms. The Morgan fingerprint density at radius 2 is 2.12 bits per heavy atom. The molecule has 2 aromatic rings. The highest BCUT2D eigenvalue weighted by Crippen LogP contribution is 2.38. The maximum absolute atomic E-state index is 13.0. The van der Waals surface area contributed by atoms with Gasteiger partial charge >= 0.3 is 0 Å². The third-order valence-electron chi connectivity index (χ3n) is 4.59. The second-order valence-corrected chi connectivity index (χ2v) is 6.01. The van der Waals surface area contributed by atoms with Gasteiger partial charge in [-0.25, -0.2) is 4.99 Å². The van der Waals surface area contributed by atoms with Crippen LogP contribution in [0.4, 0.5) is 0 Å². The minimum absolute atomic E-state index is 0.0598. The number of carbonyl (C=O) groups is 1. The summed E-state index contributed by atoms with van der Waals surface area (Å²) in [7, 11) is 0. The van der Waals surface area contributed by atoms with Crippen molar-refractivity contribution in [3.63, 3.8) is 0 Å². The maximum Gasteiger partial charge on any atom is 0.283 e. The highest BCUT2D eigenvalue weighted by Gasteiger charge is 2.47. The van der Waals surface area contributed by atoms with Gasteiger partial charge in [-0.3, -0.25) is 9.78 Å².